The van der Waals surface area contributed by atoms with Crippen molar-refractivity contribution in [3.63, 3.8) is 0 Å². The molecule has 5 nitrogen and oxygen atoms in total. The fraction of sp³-hybridized carbons (Fsp3) is 0.364. The van der Waals surface area contributed by atoms with Crippen LogP contribution in [-0.4, -0.2) is 24.6 Å². The Morgan fingerprint density at radius 3 is 2.32 bits per heavy atom. The van der Waals surface area contributed by atoms with Gasteiger partial charge in [0.25, 0.3) is 5.91 Å². The Morgan fingerprint density at radius 1 is 1.11 bits per heavy atom. The molecule has 0 spiro atoms. The van der Waals surface area contributed by atoms with Gasteiger partial charge in [-0.2, -0.15) is 0 Å². The number of esters is 1. The van der Waals surface area contributed by atoms with Crippen LogP contribution < -0.4 is 10.1 Å². The van der Waals surface area contributed by atoms with Gasteiger partial charge in [-0.1, -0.05) is 44.5 Å². The van der Waals surface area contributed by atoms with E-state index < -0.39 is 12.1 Å². The normalized spacial score (nSPS) is 12.2. The van der Waals surface area contributed by atoms with Crippen LogP contribution in [0.15, 0.2) is 42.5 Å². The van der Waals surface area contributed by atoms with Crippen LogP contribution >= 0.6 is 11.6 Å². The van der Waals surface area contributed by atoms with E-state index in [0.717, 1.165) is 0 Å². The van der Waals surface area contributed by atoms with E-state index in [1.54, 1.807) is 26.0 Å². The molecule has 0 aromatic heterocycles. The Morgan fingerprint density at radius 2 is 1.75 bits per heavy atom. The van der Waals surface area contributed by atoms with Crippen molar-refractivity contribution in [1.29, 1.82) is 0 Å². The molecular formula is C22H26ClNO4. The molecule has 0 fully saturated rings. The molecule has 0 saturated heterocycles. The van der Waals surface area contributed by atoms with E-state index in [4.69, 9.17) is 21.1 Å². The molecule has 0 bridgehead atoms. The molecule has 28 heavy (non-hydrogen) atoms. The van der Waals surface area contributed by atoms with Crippen molar-refractivity contribution in [3.05, 3.63) is 58.6 Å². The number of rotatable bonds is 6. The first-order chi connectivity index (χ1) is 13.1. The topological polar surface area (TPSA) is 64.6 Å². The molecule has 0 aliphatic heterocycles. The number of anilines is 1. The maximum absolute atomic E-state index is 12.4. The number of hydrogen-bond donors (Lipinski definition) is 1. The van der Waals surface area contributed by atoms with Crippen molar-refractivity contribution < 1.29 is 19.1 Å². The van der Waals surface area contributed by atoms with Gasteiger partial charge in [0, 0.05) is 5.69 Å². The first-order valence-electron chi connectivity index (χ1n) is 9.16. The van der Waals surface area contributed by atoms with Crippen LogP contribution in [0, 0.1) is 0 Å². The maximum Gasteiger partial charge on any atom is 0.339 e. The Bertz CT molecular complexity index is 841. The first kappa shape index (κ1) is 21.8. The van der Waals surface area contributed by atoms with Crippen LogP contribution in [0.1, 0.15) is 50.5 Å². The highest BCUT2D eigenvalue weighted by Crippen LogP contribution is 2.25. The highest BCUT2D eigenvalue weighted by atomic mass is 35.5. The molecule has 2 rings (SSSR count). The maximum atomic E-state index is 12.4. The van der Waals surface area contributed by atoms with Crippen molar-refractivity contribution in [1.82, 2.24) is 0 Å². The van der Waals surface area contributed by atoms with Crippen molar-refractivity contribution in [3.8, 4) is 5.75 Å². The highest BCUT2D eigenvalue weighted by Gasteiger charge is 2.18. The highest BCUT2D eigenvalue weighted by molar-refractivity contribution is 6.33. The number of hydrogen-bond acceptors (Lipinski definition) is 4. The Labute approximate surface area is 171 Å². The number of nitrogens with one attached hydrogen (secondary N) is 1. The van der Waals surface area contributed by atoms with Crippen LogP contribution in [0.3, 0.4) is 0 Å². The van der Waals surface area contributed by atoms with E-state index >= 15 is 0 Å². The van der Waals surface area contributed by atoms with Crippen LogP contribution in [0.4, 0.5) is 5.69 Å². The van der Waals surface area contributed by atoms with Gasteiger partial charge in [0.15, 0.2) is 6.10 Å². The Hall–Kier alpha value is -2.53. The molecular weight excluding hydrogens is 378 g/mol. The Kier molecular flexibility index (Phi) is 7.08. The van der Waals surface area contributed by atoms with Crippen LogP contribution in [0.2, 0.25) is 5.02 Å². The predicted octanol–water partition coefficient (Wildman–Crippen LogP) is 5.22. The van der Waals surface area contributed by atoms with Gasteiger partial charge in [0.2, 0.25) is 0 Å². The summed E-state index contributed by atoms with van der Waals surface area (Å²) in [7, 11) is 0. The minimum absolute atomic E-state index is 0.0483. The second-order valence-electron chi connectivity index (χ2n) is 7.44. The van der Waals surface area contributed by atoms with Gasteiger partial charge in [-0.25, -0.2) is 4.79 Å². The number of carbonyl (C=O) groups is 2. The van der Waals surface area contributed by atoms with Gasteiger partial charge < -0.3 is 14.8 Å². The fourth-order valence-electron chi connectivity index (χ4n) is 2.50. The summed E-state index contributed by atoms with van der Waals surface area (Å²) in [6, 6.07) is 12.3. The largest absolute Gasteiger partial charge is 0.481 e. The molecule has 0 saturated carbocycles. The molecule has 150 valence electrons. The lowest BCUT2D eigenvalue weighted by Gasteiger charge is -2.20. The van der Waals surface area contributed by atoms with E-state index in [0.29, 0.717) is 11.4 Å². The number of amides is 1. The summed E-state index contributed by atoms with van der Waals surface area (Å²) in [5.74, 6) is -0.261. The standard InChI is InChI=1S/C22H26ClNO4/c1-6-27-21(26)18-13-16(9-12-19(18)23)24-20(25)14(2)28-17-10-7-15(8-11-17)22(3,4)5/h7-14H,6H2,1-5H3,(H,24,25)/t14-/m0/s1. The molecule has 1 N–H and O–H groups in total. The minimum Gasteiger partial charge on any atom is -0.481 e. The van der Waals surface area contributed by atoms with E-state index in [1.165, 1.54) is 11.6 Å². The summed E-state index contributed by atoms with van der Waals surface area (Å²) in [5, 5.41) is 3.00. The van der Waals surface area contributed by atoms with E-state index in [9.17, 15) is 9.59 Å². The molecule has 1 amide bonds. The molecule has 0 aliphatic rings. The Balaban J connectivity index is 2.04. The summed E-state index contributed by atoms with van der Waals surface area (Å²) in [4.78, 5) is 24.4. The first-order valence-corrected chi connectivity index (χ1v) is 9.54. The summed E-state index contributed by atoms with van der Waals surface area (Å²) >= 11 is 6.04. The summed E-state index contributed by atoms with van der Waals surface area (Å²) < 4.78 is 10.7. The number of ether oxygens (including phenoxy) is 2. The van der Waals surface area contributed by atoms with Crippen molar-refractivity contribution >= 4 is 29.2 Å². The minimum atomic E-state index is -0.720. The zero-order valence-electron chi connectivity index (χ0n) is 16.8. The lowest BCUT2D eigenvalue weighted by Crippen LogP contribution is -2.30. The zero-order chi connectivity index (χ0) is 20.9. The molecule has 1 atom stereocenters. The molecule has 0 aliphatic carbocycles. The summed E-state index contributed by atoms with van der Waals surface area (Å²) in [6.45, 7) is 10.0. The van der Waals surface area contributed by atoms with E-state index in [1.807, 2.05) is 24.3 Å². The zero-order valence-corrected chi connectivity index (χ0v) is 17.6. The fourth-order valence-corrected chi connectivity index (χ4v) is 2.70. The summed E-state index contributed by atoms with van der Waals surface area (Å²) in [5.41, 5.74) is 1.88. The third-order valence-corrected chi connectivity index (χ3v) is 4.46. The quantitative estimate of drug-likeness (QED) is 0.671. The number of benzene rings is 2. The van der Waals surface area contributed by atoms with Gasteiger partial charge in [-0.15, -0.1) is 0 Å². The lowest BCUT2D eigenvalue weighted by atomic mass is 9.87. The van der Waals surface area contributed by atoms with E-state index in [-0.39, 0.29) is 28.5 Å². The van der Waals surface area contributed by atoms with Gasteiger partial charge in [0.1, 0.15) is 5.75 Å². The van der Waals surface area contributed by atoms with Crippen molar-refractivity contribution in [2.24, 2.45) is 0 Å². The molecule has 2 aromatic rings. The smallest absolute Gasteiger partial charge is 0.339 e. The molecule has 2 aromatic carbocycles. The van der Waals surface area contributed by atoms with Gasteiger partial charge in [-0.05, 0) is 55.2 Å². The second-order valence-corrected chi connectivity index (χ2v) is 7.85. The molecule has 6 heteroatoms. The average molecular weight is 404 g/mol. The SMILES string of the molecule is CCOC(=O)c1cc(NC(=O)[C@H](C)Oc2ccc(C(C)(C)C)cc2)ccc1Cl. The molecule has 0 radical (unpaired) electrons. The number of carbonyl (C=O) groups excluding carboxylic acids is 2. The lowest BCUT2D eigenvalue weighted by molar-refractivity contribution is -0.122. The monoisotopic (exact) mass is 403 g/mol. The average Bonchev–Trinajstić information content (AvgIpc) is 2.63. The molecule has 0 heterocycles. The second kappa shape index (κ2) is 9.11. The van der Waals surface area contributed by atoms with Crippen molar-refractivity contribution in [2.45, 2.75) is 46.1 Å². The van der Waals surface area contributed by atoms with Gasteiger partial charge in [-0.3, -0.25) is 4.79 Å². The van der Waals surface area contributed by atoms with Crippen LogP contribution in [0.5, 0.6) is 5.75 Å². The third-order valence-electron chi connectivity index (χ3n) is 4.13. The summed E-state index contributed by atoms with van der Waals surface area (Å²) in [6.07, 6.45) is -0.720. The number of halogens is 1. The third kappa shape index (κ3) is 5.73. The van der Waals surface area contributed by atoms with Gasteiger partial charge in [0.05, 0.1) is 17.2 Å². The van der Waals surface area contributed by atoms with E-state index in [2.05, 4.69) is 26.1 Å². The van der Waals surface area contributed by atoms with Crippen LogP contribution in [-0.2, 0) is 14.9 Å². The predicted molar refractivity (Wildman–Crippen MR) is 111 cm³/mol. The molecule has 0 unspecified atom stereocenters. The van der Waals surface area contributed by atoms with Gasteiger partial charge >= 0.3 is 5.97 Å². The van der Waals surface area contributed by atoms with Crippen LogP contribution in [0.25, 0.3) is 0 Å². The van der Waals surface area contributed by atoms with Crippen molar-refractivity contribution in [2.75, 3.05) is 11.9 Å².